The Kier molecular flexibility index (Phi) is 4.46. The standard InChI is InChI=1S/C19H12ClN5O3/c20-15-10-17-18(23-24(22-17)13-4-2-1-3-5-13)11-16(15)21-19(26)12-6-8-14(9-7-12)25(27)28/h1-11H,(H,21,26). The van der Waals surface area contributed by atoms with Crippen molar-refractivity contribution in [3.05, 3.63) is 87.4 Å². The lowest BCUT2D eigenvalue weighted by Crippen LogP contribution is -2.12. The van der Waals surface area contributed by atoms with Gasteiger partial charge in [0, 0.05) is 17.7 Å². The SMILES string of the molecule is O=C(Nc1cc2nn(-c3ccccc3)nc2cc1Cl)c1ccc([N+](=O)[O-])cc1. The minimum atomic E-state index is -0.525. The van der Waals surface area contributed by atoms with Crippen LogP contribution in [0.5, 0.6) is 0 Å². The van der Waals surface area contributed by atoms with E-state index >= 15 is 0 Å². The number of carbonyl (C=O) groups is 1. The maximum absolute atomic E-state index is 12.4. The van der Waals surface area contributed by atoms with Crippen molar-refractivity contribution < 1.29 is 9.72 Å². The number of nitrogens with zero attached hydrogens (tertiary/aromatic N) is 4. The van der Waals surface area contributed by atoms with E-state index in [-0.39, 0.29) is 11.3 Å². The number of non-ortho nitro benzene ring substituents is 1. The normalized spacial score (nSPS) is 10.8. The zero-order valence-electron chi connectivity index (χ0n) is 14.2. The molecule has 3 aromatic carbocycles. The number of benzene rings is 3. The van der Waals surface area contributed by atoms with Crippen molar-refractivity contribution in [2.24, 2.45) is 0 Å². The van der Waals surface area contributed by atoms with Crippen LogP contribution >= 0.6 is 11.6 Å². The number of fused-ring (bicyclic) bond motifs is 1. The number of nitrogens with one attached hydrogen (secondary N) is 1. The Labute approximate surface area is 163 Å². The lowest BCUT2D eigenvalue weighted by atomic mass is 10.2. The first-order valence-corrected chi connectivity index (χ1v) is 8.57. The van der Waals surface area contributed by atoms with Crippen molar-refractivity contribution >= 4 is 39.9 Å². The fraction of sp³-hybridized carbons (Fsp3) is 0. The van der Waals surface area contributed by atoms with E-state index in [1.807, 2.05) is 30.3 Å². The van der Waals surface area contributed by atoms with Crippen molar-refractivity contribution in [2.75, 3.05) is 5.32 Å². The van der Waals surface area contributed by atoms with Gasteiger partial charge in [-0.25, -0.2) is 0 Å². The van der Waals surface area contributed by atoms with Crippen molar-refractivity contribution in [1.29, 1.82) is 0 Å². The molecule has 0 fully saturated rings. The summed E-state index contributed by atoms with van der Waals surface area (Å²) in [6.45, 7) is 0. The van der Waals surface area contributed by atoms with Crippen LogP contribution in [-0.2, 0) is 0 Å². The zero-order valence-corrected chi connectivity index (χ0v) is 15.0. The number of nitro benzene ring substituents is 1. The van der Waals surface area contributed by atoms with Crippen LogP contribution in [-0.4, -0.2) is 25.8 Å². The van der Waals surface area contributed by atoms with Crippen molar-refractivity contribution in [3.8, 4) is 5.69 Å². The van der Waals surface area contributed by atoms with Crippen LogP contribution in [0.25, 0.3) is 16.7 Å². The van der Waals surface area contributed by atoms with E-state index in [4.69, 9.17) is 11.6 Å². The molecule has 0 saturated carbocycles. The molecule has 1 amide bonds. The third-order valence-electron chi connectivity index (χ3n) is 4.04. The lowest BCUT2D eigenvalue weighted by Gasteiger charge is -2.07. The van der Waals surface area contributed by atoms with Crippen molar-refractivity contribution in [2.45, 2.75) is 0 Å². The summed E-state index contributed by atoms with van der Waals surface area (Å²) in [4.78, 5) is 24.1. The van der Waals surface area contributed by atoms with Crippen molar-refractivity contribution in [3.63, 3.8) is 0 Å². The molecule has 9 heteroatoms. The molecule has 28 heavy (non-hydrogen) atoms. The third kappa shape index (κ3) is 3.40. The Morgan fingerprint density at radius 1 is 1.00 bits per heavy atom. The minimum absolute atomic E-state index is 0.0893. The Hall–Kier alpha value is -3.78. The lowest BCUT2D eigenvalue weighted by molar-refractivity contribution is -0.384. The number of carbonyl (C=O) groups excluding carboxylic acids is 1. The summed E-state index contributed by atoms with van der Waals surface area (Å²) >= 11 is 6.28. The first-order chi connectivity index (χ1) is 13.5. The molecular formula is C19H12ClN5O3. The van der Waals surface area contributed by atoms with E-state index in [1.54, 1.807) is 12.1 Å². The average molecular weight is 394 g/mol. The van der Waals surface area contributed by atoms with Crippen LogP contribution in [0.15, 0.2) is 66.7 Å². The number of para-hydroxylation sites is 1. The number of nitro groups is 1. The highest BCUT2D eigenvalue weighted by Crippen LogP contribution is 2.27. The molecule has 0 spiro atoms. The van der Waals surface area contributed by atoms with Crippen molar-refractivity contribution in [1.82, 2.24) is 15.0 Å². The van der Waals surface area contributed by atoms with Crippen LogP contribution in [0, 0.1) is 10.1 Å². The first kappa shape index (κ1) is 17.6. The quantitative estimate of drug-likeness (QED) is 0.412. The third-order valence-corrected chi connectivity index (χ3v) is 4.36. The van der Waals surface area contributed by atoms with Gasteiger partial charge in [-0.15, -0.1) is 10.2 Å². The Balaban J connectivity index is 1.62. The summed E-state index contributed by atoms with van der Waals surface area (Å²) in [5.41, 5.74) is 2.50. The summed E-state index contributed by atoms with van der Waals surface area (Å²) < 4.78 is 0. The van der Waals surface area contributed by atoms with E-state index in [0.717, 1.165) is 5.69 Å². The summed E-state index contributed by atoms with van der Waals surface area (Å²) in [7, 11) is 0. The van der Waals surface area contributed by atoms with Gasteiger partial charge in [-0.05, 0) is 36.4 Å². The molecule has 0 radical (unpaired) electrons. The fourth-order valence-corrected chi connectivity index (χ4v) is 2.84. The highest BCUT2D eigenvalue weighted by molar-refractivity contribution is 6.34. The van der Waals surface area contributed by atoms with Crippen LogP contribution in [0.3, 0.4) is 0 Å². The van der Waals surface area contributed by atoms with Gasteiger partial charge in [0.05, 0.1) is 21.3 Å². The molecule has 138 valence electrons. The fourth-order valence-electron chi connectivity index (χ4n) is 2.64. The van der Waals surface area contributed by atoms with Gasteiger partial charge in [0.15, 0.2) is 0 Å². The number of anilines is 1. The second-order valence-corrected chi connectivity index (χ2v) is 6.31. The van der Waals surface area contributed by atoms with Gasteiger partial charge in [-0.2, -0.15) is 4.80 Å². The minimum Gasteiger partial charge on any atom is -0.321 e. The van der Waals surface area contributed by atoms with Gasteiger partial charge < -0.3 is 5.32 Å². The molecule has 1 N–H and O–H groups in total. The zero-order chi connectivity index (χ0) is 19.7. The maximum Gasteiger partial charge on any atom is 0.269 e. The predicted molar refractivity (Wildman–Crippen MR) is 105 cm³/mol. The number of hydrogen-bond donors (Lipinski definition) is 1. The van der Waals surface area contributed by atoms with Gasteiger partial charge in [-0.3, -0.25) is 14.9 Å². The molecule has 8 nitrogen and oxygen atoms in total. The summed E-state index contributed by atoms with van der Waals surface area (Å²) in [5, 5.41) is 22.5. The molecule has 0 atom stereocenters. The van der Waals surface area contributed by atoms with Gasteiger partial charge in [0.1, 0.15) is 11.0 Å². The maximum atomic E-state index is 12.4. The number of hydrogen-bond acceptors (Lipinski definition) is 5. The van der Waals surface area contributed by atoms with E-state index < -0.39 is 10.8 Å². The summed E-state index contributed by atoms with van der Waals surface area (Å²) in [6.07, 6.45) is 0. The average Bonchev–Trinajstić information content (AvgIpc) is 3.11. The molecule has 0 aliphatic heterocycles. The first-order valence-electron chi connectivity index (χ1n) is 8.19. The Morgan fingerprint density at radius 3 is 2.29 bits per heavy atom. The molecule has 4 rings (SSSR count). The van der Waals surface area contributed by atoms with Gasteiger partial charge >= 0.3 is 0 Å². The molecule has 0 bridgehead atoms. The number of amides is 1. The molecule has 1 heterocycles. The van der Waals surface area contributed by atoms with E-state index in [0.29, 0.717) is 21.7 Å². The summed E-state index contributed by atoms with van der Waals surface area (Å²) in [6, 6.07) is 18.0. The van der Waals surface area contributed by atoms with E-state index in [9.17, 15) is 14.9 Å². The second-order valence-electron chi connectivity index (χ2n) is 5.90. The molecule has 0 aliphatic carbocycles. The van der Waals surface area contributed by atoms with Crippen LogP contribution < -0.4 is 5.32 Å². The highest BCUT2D eigenvalue weighted by atomic mass is 35.5. The molecule has 1 aromatic heterocycles. The largest absolute Gasteiger partial charge is 0.321 e. The van der Waals surface area contributed by atoms with Gasteiger partial charge in [0.2, 0.25) is 0 Å². The van der Waals surface area contributed by atoms with Gasteiger partial charge in [-0.1, -0.05) is 29.8 Å². The Morgan fingerprint density at radius 2 is 1.64 bits per heavy atom. The molecule has 4 aromatic rings. The van der Waals surface area contributed by atoms with Gasteiger partial charge in [0.25, 0.3) is 11.6 Å². The van der Waals surface area contributed by atoms with Crippen LogP contribution in [0.4, 0.5) is 11.4 Å². The monoisotopic (exact) mass is 393 g/mol. The second kappa shape index (κ2) is 7.09. The topological polar surface area (TPSA) is 103 Å². The number of halogens is 1. The van der Waals surface area contributed by atoms with Crippen LogP contribution in [0.1, 0.15) is 10.4 Å². The predicted octanol–water partition coefficient (Wildman–Crippen LogP) is 4.23. The number of rotatable bonds is 4. The van der Waals surface area contributed by atoms with E-state index in [2.05, 4.69) is 15.5 Å². The molecule has 0 saturated heterocycles. The van der Waals surface area contributed by atoms with Crippen LogP contribution in [0.2, 0.25) is 5.02 Å². The number of aromatic nitrogens is 3. The molecule has 0 unspecified atom stereocenters. The molecule has 0 aliphatic rings. The smallest absolute Gasteiger partial charge is 0.269 e. The van der Waals surface area contributed by atoms with E-state index in [1.165, 1.54) is 29.1 Å². The summed E-state index contributed by atoms with van der Waals surface area (Å²) in [5.74, 6) is -0.438. The molecular weight excluding hydrogens is 382 g/mol. The highest BCUT2D eigenvalue weighted by Gasteiger charge is 2.14. The Bertz CT molecular complexity index is 1190.